The van der Waals surface area contributed by atoms with Crippen LogP contribution in [0, 0.1) is 0 Å². The summed E-state index contributed by atoms with van der Waals surface area (Å²) in [4.78, 5) is 22.9. The zero-order chi connectivity index (χ0) is 8.59. The summed E-state index contributed by atoms with van der Waals surface area (Å²) in [6.45, 7) is 1.68. The molecule has 0 saturated carbocycles. The van der Waals surface area contributed by atoms with Crippen LogP contribution in [-0.4, -0.2) is 34.5 Å². The molecule has 0 spiro atoms. The molecule has 1 unspecified atom stereocenters. The summed E-state index contributed by atoms with van der Waals surface area (Å²) < 4.78 is 1.15. The lowest BCUT2D eigenvalue weighted by Gasteiger charge is -2.33. The number of nitrogens with zero attached hydrogens (tertiary/aromatic N) is 2. The summed E-state index contributed by atoms with van der Waals surface area (Å²) in [5.41, 5.74) is 0. The monoisotopic (exact) mass is 175 g/mol. The third-order valence-electron chi connectivity index (χ3n) is 1.49. The maximum absolute atomic E-state index is 11.1. The first-order valence-corrected chi connectivity index (χ1v) is 3.50. The fraction of sp³-hybridized carbons (Fsp3) is 0.600. The van der Waals surface area contributed by atoms with Crippen LogP contribution in [0.4, 0.5) is 9.59 Å². The van der Waals surface area contributed by atoms with Gasteiger partial charge in [0.1, 0.15) is 6.17 Å². The second kappa shape index (κ2) is 2.61. The first kappa shape index (κ1) is 8.19. The van der Waals surface area contributed by atoms with Crippen LogP contribution in [0.25, 0.3) is 0 Å². The van der Waals surface area contributed by atoms with Crippen LogP contribution in [0.15, 0.2) is 0 Å². The number of carbonyl (C=O) groups excluding carboxylic acids is 2. The van der Waals surface area contributed by atoms with Crippen molar-refractivity contribution in [2.75, 3.05) is 7.05 Å². The molecule has 1 atom stereocenters. The van der Waals surface area contributed by atoms with Gasteiger partial charge in [0.2, 0.25) is 0 Å². The average Bonchev–Trinajstić information content (AvgIpc) is 1.97. The van der Waals surface area contributed by atoms with Crippen LogP contribution >= 0.6 is 12.8 Å². The number of hydrogen-bond donors (Lipinski definition) is 2. The molecule has 1 aliphatic heterocycles. The molecule has 6 heteroatoms. The molecule has 0 bridgehead atoms. The maximum Gasteiger partial charge on any atom is 0.339 e. The van der Waals surface area contributed by atoms with E-state index in [2.05, 4.69) is 18.1 Å². The number of amides is 4. The van der Waals surface area contributed by atoms with Crippen LogP contribution in [0.1, 0.15) is 6.92 Å². The summed E-state index contributed by atoms with van der Waals surface area (Å²) in [7, 11) is 1.40. The third-order valence-corrected chi connectivity index (χ3v) is 2.00. The quantitative estimate of drug-likeness (QED) is 0.519. The largest absolute Gasteiger partial charge is 0.339 e. The molecule has 1 N–H and O–H groups in total. The summed E-state index contributed by atoms with van der Waals surface area (Å²) in [5.74, 6) is 0. The average molecular weight is 175 g/mol. The molecule has 1 fully saturated rings. The van der Waals surface area contributed by atoms with E-state index in [1.807, 2.05) is 0 Å². The Kier molecular flexibility index (Phi) is 1.95. The Morgan fingerprint density at radius 3 is 2.64 bits per heavy atom. The molecule has 0 radical (unpaired) electrons. The van der Waals surface area contributed by atoms with E-state index in [0.29, 0.717) is 0 Å². The van der Waals surface area contributed by atoms with E-state index in [0.717, 1.165) is 9.21 Å². The van der Waals surface area contributed by atoms with E-state index in [-0.39, 0.29) is 6.17 Å². The van der Waals surface area contributed by atoms with E-state index in [4.69, 9.17) is 0 Å². The van der Waals surface area contributed by atoms with E-state index in [1.165, 1.54) is 7.05 Å². The standard InChI is InChI=1S/C5H9N3O2S/c1-3-6-4(9)7(2)5(10)8(3)11/h3,11H,1-2H3,(H,6,9). The normalized spacial score (nSPS) is 25.5. The maximum atomic E-state index is 11.1. The highest BCUT2D eigenvalue weighted by Gasteiger charge is 2.31. The molecule has 0 aromatic rings. The Hall–Kier alpha value is -0.910. The number of hydrogen-bond acceptors (Lipinski definition) is 3. The van der Waals surface area contributed by atoms with Crippen molar-refractivity contribution in [2.45, 2.75) is 13.1 Å². The van der Waals surface area contributed by atoms with Gasteiger partial charge in [0.15, 0.2) is 0 Å². The fourth-order valence-corrected chi connectivity index (χ4v) is 0.935. The van der Waals surface area contributed by atoms with Crippen LogP contribution < -0.4 is 5.32 Å². The summed E-state index contributed by atoms with van der Waals surface area (Å²) in [6, 6.07) is -0.808. The predicted octanol–water partition coefficient (Wildman–Crippen LogP) is 0.254. The topological polar surface area (TPSA) is 52.7 Å². The first-order valence-electron chi connectivity index (χ1n) is 3.10. The molecular formula is C5H9N3O2S. The lowest BCUT2D eigenvalue weighted by Crippen LogP contribution is -2.59. The Bertz CT molecular complexity index is 208. The van der Waals surface area contributed by atoms with Crippen molar-refractivity contribution in [1.29, 1.82) is 0 Å². The molecule has 1 heterocycles. The number of thiol groups is 1. The van der Waals surface area contributed by atoms with Crippen molar-refractivity contribution in [3.63, 3.8) is 0 Å². The zero-order valence-electron chi connectivity index (χ0n) is 6.24. The minimum atomic E-state index is -0.412. The van der Waals surface area contributed by atoms with Crippen LogP contribution in [0.3, 0.4) is 0 Å². The lowest BCUT2D eigenvalue weighted by atomic mass is 10.5. The van der Waals surface area contributed by atoms with Crippen LogP contribution in [0.2, 0.25) is 0 Å². The number of carbonyl (C=O) groups is 2. The molecule has 1 rings (SSSR count). The molecule has 4 amide bonds. The van der Waals surface area contributed by atoms with Crippen LogP contribution in [-0.2, 0) is 0 Å². The fourth-order valence-electron chi connectivity index (χ4n) is 0.743. The van der Waals surface area contributed by atoms with Crippen molar-refractivity contribution in [1.82, 2.24) is 14.5 Å². The van der Waals surface area contributed by atoms with Gasteiger partial charge in [-0.15, -0.1) is 0 Å². The summed E-state index contributed by atoms with van der Waals surface area (Å²) in [5, 5.41) is 2.52. The van der Waals surface area contributed by atoms with Gasteiger partial charge < -0.3 is 5.32 Å². The van der Waals surface area contributed by atoms with Gasteiger partial charge in [0.05, 0.1) is 0 Å². The summed E-state index contributed by atoms with van der Waals surface area (Å²) >= 11 is 3.88. The second-order valence-corrected chi connectivity index (χ2v) is 2.74. The highest BCUT2D eigenvalue weighted by molar-refractivity contribution is 7.78. The third kappa shape index (κ3) is 1.25. The molecule has 0 aromatic heterocycles. The molecule has 0 aromatic carbocycles. The van der Waals surface area contributed by atoms with Crippen molar-refractivity contribution in [3.05, 3.63) is 0 Å². The minimum absolute atomic E-state index is 0.352. The molecule has 0 aliphatic carbocycles. The highest BCUT2D eigenvalue weighted by atomic mass is 32.1. The Morgan fingerprint density at radius 1 is 1.55 bits per heavy atom. The molecule has 1 aliphatic rings. The Morgan fingerprint density at radius 2 is 2.09 bits per heavy atom. The molecular weight excluding hydrogens is 166 g/mol. The van der Waals surface area contributed by atoms with Gasteiger partial charge in [-0.3, -0.25) is 0 Å². The van der Waals surface area contributed by atoms with Gasteiger partial charge in [-0.1, -0.05) is 12.8 Å². The highest BCUT2D eigenvalue weighted by Crippen LogP contribution is 2.09. The first-order chi connectivity index (χ1) is 5.04. The van der Waals surface area contributed by atoms with E-state index in [1.54, 1.807) is 6.92 Å². The second-order valence-electron chi connectivity index (χ2n) is 2.31. The smallest absolute Gasteiger partial charge is 0.317 e. The van der Waals surface area contributed by atoms with Gasteiger partial charge in [-0.25, -0.2) is 18.8 Å². The van der Waals surface area contributed by atoms with Crippen molar-refractivity contribution >= 4 is 24.9 Å². The van der Waals surface area contributed by atoms with Crippen LogP contribution in [0.5, 0.6) is 0 Å². The van der Waals surface area contributed by atoms with Gasteiger partial charge in [-0.2, -0.15) is 0 Å². The molecule has 1 saturated heterocycles. The van der Waals surface area contributed by atoms with Gasteiger partial charge in [0, 0.05) is 7.05 Å². The van der Waals surface area contributed by atoms with Crippen molar-refractivity contribution in [3.8, 4) is 0 Å². The summed E-state index contributed by atoms with van der Waals surface area (Å²) in [6.07, 6.45) is -0.352. The Balaban J connectivity index is 2.79. The zero-order valence-corrected chi connectivity index (χ0v) is 7.13. The molecule has 5 nitrogen and oxygen atoms in total. The predicted molar refractivity (Wildman–Crippen MR) is 42.0 cm³/mol. The van der Waals surface area contributed by atoms with E-state index < -0.39 is 12.1 Å². The van der Waals surface area contributed by atoms with E-state index >= 15 is 0 Å². The minimum Gasteiger partial charge on any atom is -0.317 e. The molecule has 11 heavy (non-hydrogen) atoms. The number of urea groups is 2. The number of imide groups is 1. The van der Waals surface area contributed by atoms with Crippen molar-refractivity contribution in [2.24, 2.45) is 0 Å². The SMILES string of the molecule is CC1NC(=O)N(C)C(=O)N1S. The number of nitrogens with one attached hydrogen (secondary N) is 1. The van der Waals surface area contributed by atoms with Crippen molar-refractivity contribution < 1.29 is 9.59 Å². The van der Waals surface area contributed by atoms with Gasteiger partial charge in [0.25, 0.3) is 0 Å². The molecule has 62 valence electrons. The van der Waals surface area contributed by atoms with Gasteiger partial charge >= 0.3 is 12.1 Å². The van der Waals surface area contributed by atoms with E-state index in [9.17, 15) is 9.59 Å². The van der Waals surface area contributed by atoms with Gasteiger partial charge in [-0.05, 0) is 6.92 Å². The Labute approximate surface area is 69.9 Å². The number of rotatable bonds is 0. The lowest BCUT2D eigenvalue weighted by molar-refractivity contribution is 0.153.